The van der Waals surface area contributed by atoms with Crippen LogP contribution in [0.15, 0.2) is 18.2 Å². The number of carboxylic acids is 1. The zero-order chi connectivity index (χ0) is 10.7. The lowest BCUT2D eigenvalue weighted by atomic mass is 10.1. The van der Waals surface area contributed by atoms with Crippen molar-refractivity contribution >= 4 is 17.6 Å². The van der Waals surface area contributed by atoms with Crippen LogP contribution in [-0.4, -0.2) is 16.2 Å². The highest BCUT2D eigenvalue weighted by Gasteiger charge is 2.19. The highest BCUT2D eigenvalue weighted by Crippen LogP contribution is 2.24. The summed E-state index contributed by atoms with van der Waals surface area (Å²) in [7, 11) is 0. The van der Waals surface area contributed by atoms with Crippen molar-refractivity contribution in [2.24, 2.45) is 0 Å². The molecule has 5 heteroatoms. The number of hydrogen-bond acceptors (Lipinski definition) is 3. The molecule has 0 aliphatic heterocycles. The predicted octanol–water partition coefficient (Wildman–Crippen LogP) is 1.33. The Morgan fingerprint density at radius 3 is 2.71 bits per heavy atom. The van der Waals surface area contributed by atoms with Crippen LogP contribution in [0.4, 0.5) is 0 Å². The third-order valence-corrected chi connectivity index (χ3v) is 2.00. The molecule has 0 saturated carbocycles. The summed E-state index contributed by atoms with van der Waals surface area (Å²) < 4.78 is 0. The van der Waals surface area contributed by atoms with E-state index in [1.54, 1.807) is 0 Å². The van der Waals surface area contributed by atoms with Gasteiger partial charge in [-0.2, -0.15) is 5.26 Å². The average molecular weight is 212 g/mol. The van der Waals surface area contributed by atoms with Gasteiger partial charge < -0.3 is 10.2 Å². The van der Waals surface area contributed by atoms with E-state index in [1.807, 2.05) is 6.07 Å². The van der Waals surface area contributed by atoms with Crippen molar-refractivity contribution in [1.82, 2.24) is 0 Å². The smallest absolute Gasteiger partial charge is 0.337 e. The first-order chi connectivity index (χ1) is 6.56. The zero-order valence-electron chi connectivity index (χ0n) is 6.94. The van der Waals surface area contributed by atoms with E-state index in [0.717, 1.165) is 0 Å². The lowest BCUT2D eigenvalue weighted by Gasteiger charge is -2.07. The molecule has 0 spiro atoms. The van der Waals surface area contributed by atoms with Crippen LogP contribution in [0.1, 0.15) is 17.2 Å². The molecule has 1 atom stereocenters. The molecule has 0 heterocycles. The van der Waals surface area contributed by atoms with Crippen molar-refractivity contribution in [2.45, 2.75) is 6.10 Å². The van der Waals surface area contributed by atoms with Gasteiger partial charge in [0, 0.05) is 10.6 Å². The molecule has 72 valence electrons. The molecule has 1 unspecified atom stereocenters. The number of rotatable bonds is 2. The van der Waals surface area contributed by atoms with E-state index < -0.39 is 12.1 Å². The Hall–Kier alpha value is -1.57. The molecule has 0 aliphatic carbocycles. The first kappa shape index (κ1) is 10.5. The summed E-state index contributed by atoms with van der Waals surface area (Å²) in [5.74, 6) is -1.40. The molecular weight excluding hydrogens is 206 g/mol. The Kier molecular flexibility index (Phi) is 3.07. The molecule has 0 aromatic heterocycles. The van der Waals surface area contributed by atoms with Crippen LogP contribution >= 0.6 is 11.6 Å². The van der Waals surface area contributed by atoms with Crippen molar-refractivity contribution < 1.29 is 15.0 Å². The Morgan fingerprint density at radius 1 is 1.57 bits per heavy atom. The molecule has 0 aliphatic rings. The lowest BCUT2D eigenvalue weighted by molar-refractivity contribution is -0.146. The molecule has 0 fully saturated rings. The molecule has 4 nitrogen and oxygen atoms in total. The van der Waals surface area contributed by atoms with E-state index in [4.69, 9.17) is 22.0 Å². The number of aliphatic hydroxyl groups excluding tert-OH is 1. The van der Waals surface area contributed by atoms with Crippen molar-refractivity contribution in [3.05, 3.63) is 34.3 Å². The SMILES string of the molecule is N#Cc1ccc(Cl)c(C(O)C(=O)O)c1. The summed E-state index contributed by atoms with van der Waals surface area (Å²) in [6, 6.07) is 5.90. The molecule has 1 aromatic rings. The predicted molar refractivity (Wildman–Crippen MR) is 48.8 cm³/mol. The molecule has 14 heavy (non-hydrogen) atoms. The minimum atomic E-state index is -1.70. The van der Waals surface area contributed by atoms with Gasteiger partial charge in [-0.1, -0.05) is 11.6 Å². The monoisotopic (exact) mass is 211 g/mol. The Labute approximate surface area is 85.0 Å². The second-order valence-corrected chi connectivity index (χ2v) is 3.00. The van der Waals surface area contributed by atoms with Crippen LogP contribution in [0.5, 0.6) is 0 Å². The van der Waals surface area contributed by atoms with Crippen LogP contribution in [0.2, 0.25) is 5.02 Å². The van der Waals surface area contributed by atoms with Crippen molar-refractivity contribution in [3.8, 4) is 6.07 Å². The first-order valence-electron chi connectivity index (χ1n) is 3.66. The third-order valence-electron chi connectivity index (χ3n) is 1.65. The maximum Gasteiger partial charge on any atom is 0.337 e. The topological polar surface area (TPSA) is 81.3 Å². The number of halogens is 1. The number of aliphatic carboxylic acids is 1. The van der Waals surface area contributed by atoms with E-state index >= 15 is 0 Å². The van der Waals surface area contributed by atoms with Gasteiger partial charge in [0.1, 0.15) is 0 Å². The van der Waals surface area contributed by atoms with Crippen LogP contribution in [0, 0.1) is 11.3 Å². The first-order valence-corrected chi connectivity index (χ1v) is 4.04. The molecule has 2 N–H and O–H groups in total. The van der Waals surface area contributed by atoms with Gasteiger partial charge in [0.05, 0.1) is 11.6 Å². The highest BCUT2D eigenvalue weighted by molar-refractivity contribution is 6.31. The van der Waals surface area contributed by atoms with Crippen LogP contribution in [-0.2, 0) is 4.79 Å². The highest BCUT2D eigenvalue weighted by atomic mass is 35.5. The van der Waals surface area contributed by atoms with E-state index in [0.29, 0.717) is 0 Å². The van der Waals surface area contributed by atoms with Gasteiger partial charge in [-0.15, -0.1) is 0 Å². The molecule has 0 radical (unpaired) electrons. The summed E-state index contributed by atoms with van der Waals surface area (Å²) in [6.45, 7) is 0. The second-order valence-electron chi connectivity index (χ2n) is 2.59. The number of carbonyl (C=O) groups is 1. The second kappa shape index (κ2) is 4.09. The van der Waals surface area contributed by atoms with Crippen LogP contribution < -0.4 is 0 Å². The normalized spacial score (nSPS) is 11.8. The summed E-state index contributed by atoms with van der Waals surface area (Å²) in [5.41, 5.74) is 0.280. The molecule has 0 amide bonds. The fourth-order valence-electron chi connectivity index (χ4n) is 0.956. The number of carboxylic acid groups (broad SMARTS) is 1. The lowest BCUT2D eigenvalue weighted by Crippen LogP contribution is -2.11. The Balaban J connectivity index is 3.20. The Morgan fingerprint density at radius 2 is 2.21 bits per heavy atom. The quantitative estimate of drug-likeness (QED) is 0.773. The number of nitriles is 1. The molecule has 1 aromatic carbocycles. The zero-order valence-corrected chi connectivity index (χ0v) is 7.69. The fourth-order valence-corrected chi connectivity index (χ4v) is 1.18. The van der Waals surface area contributed by atoms with Gasteiger partial charge in [0.25, 0.3) is 0 Å². The minimum Gasteiger partial charge on any atom is -0.479 e. The number of nitrogens with zero attached hydrogens (tertiary/aromatic N) is 1. The third kappa shape index (κ3) is 2.02. The minimum absolute atomic E-state index is 0.0261. The van der Waals surface area contributed by atoms with Crippen molar-refractivity contribution in [3.63, 3.8) is 0 Å². The van der Waals surface area contributed by atoms with Gasteiger partial charge in [-0.25, -0.2) is 4.79 Å². The van der Waals surface area contributed by atoms with Crippen molar-refractivity contribution in [1.29, 1.82) is 5.26 Å². The summed E-state index contributed by atoms with van der Waals surface area (Å²) in [4.78, 5) is 10.5. The van der Waals surface area contributed by atoms with E-state index in [9.17, 15) is 9.90 Å². The van der Waals surface area contributed by atoms with Crippen LogP contribution in [0.3, 0.4) is 0 Å². The van der Waals surface area contributed by atoms with Gasteiger partial charge in [-0.3, -0.25) is 0 Å². The van der Waals surface area contributed by atoms with Crippen LogP contribution in [0.25, 0.3) is 0 Å². The largest absolute Gasteiger partial charge is 0.479 e. The van der Waals surface area contributed by atoms with E-state index in [1.165, 1.54) is 18.2 Å². The van der Waals surface area contributed by atoms with Gasteiger partial charge in [0.2, 0.25) is 0 Å². The molecule has 0 saturated heterocycles. The number of hydrogen-bond donors (Lipinski definition) is 2. The summed E-state index contributed by atoms with van der Waals surface area (Å²) in [5, 5.41) is 26.4. The maximum atomic E-state index is 10.5. The van der Waals surface area contributed by atoms with Gasteiger partial charge in [0.15, 0.2) is 6.10 Å². The van der Waals surface area contributed by atoms with E-state index in [-0.39, 0.29) is 16.1 Å². The summed E-state index contributed by atoms with van der Waals surface area (Å²) >= 11 is 5.66. The number of benzene rings is 1. The van der Waals surface area contributed by atoms with E-state index in [2.05, 4.69) is 0 Å². The molecule has 1 rings (SSSR count). The average Bonchev–Trinajstić information content (AvgIpc) is 2.17. The summed E-state index contributed by atoms with van der Waals surface area (Å²) in [6.07, 6.45) is -1.70. The molecular formula is C9H6ClNO3. The number of aliphatic hydroxyl groups is 1. The maximum absolute atomic E-state index is 10.5. The van der Waals surface area contributed by atoms with Crippen molar-refractivity contribution in [2.75, 3.05) is 0 Å². The fraction of sp³-hybridized carbons (Fsp3) is 0.111. The standard InChI is InChI=1S/C9H6ClNO3/c10-7-2-1-5(4-11)3-6(7)8(12)9(13)14/h1-3,8,12H,(H,13,14). The van der Waals surface area contributed by atoms with Gasteiger partial charge in [-0.05, 0) is 18.2 Å². The molecule has 0 bridgehead atoms. The van der Waals surface area contributed by atoms with Gasteiger partial charge >= 0.3 is 5.97 Å². The Bertz CT molecular complexity index is 411.